The van der Waals surface area contributed by atoms with E-state index < -0.39 is 24.0 Å². The Bertz CT molecular complexity index is 622. The smallest absolute Gasteiger partial charge is 0.326 e. The zero-order chi connectivity index (χ0) is 19.0. The Morgan fingerprint density at radius 2 is 1.76 bits per heavy atom. The first-order valence-corrected chi connectivity index (χ1v) is 8.63. The van der Waals surface area contributed by atoms with Crippen molar-refractivity contribution in [3.8, 4) is 0 Å². The number of nitrogens with one attached hydrogen (secondary N) is 2. The summed E-state index contributed by atoms with van der Waals surface area (Å²) in [7, 11) is 0. The van der Waals surface area contributed by atoms with Crippen LogP contribution in [0.3, 0.4) is 0 Å². The predicted molar refractivity (Wildman–Crippen MR) is 98.2 cm³/mol. The fourth-order valence-corrected chi connectivity index (χ4v) is 2.57. The molecule has 0 saturated heterocycles. The van der Waals surface area contributed by atoms with E-state index in [2.05, 4.69) is 23.3 Å². The van der Waals surface area contributed by atoms with Gasteiger partial charge in [0.1, 0.15) is 12.1 Å². The molecular formula is C17H25N3O4S. The van der Waals surface area contributed by atoms with Gasteiger partial charge in [-0.2, -0.15) is 12.6 Å². The van der Waals surface area contributed by atoms with Gasteiger partial charge < -0.3 is 21.5 Å². The average Bonchev–Trinajstić information content (AvgIpc) is 2.57. The topological polar surface area (TPSA) is 122 Å². The molecule has 0 radical (unpaired) electrons. The second-order valence-electron chi connectivity index (χ2n) is 6.02. The SMILES string of the molecule is CC(C)[C@@H](NC(=O)[C@H](CS)NC(=O)Cc1ccccc1CN)C(=O)O. The number of carbonyl (C=O) groups is 3. The molecule has 1 aromatic carbocycles. The number of hydrogen-bond donors (Lipinski definition) is 5. The Hall–Kier alpha value is -2.06. The van der Waals surface area contributed by atoms with Crippen molar-refractivity contribution in [3.63, 3.8) is 0 Å². The molecule has 0 aliphatic rings. The number of nitrogens with two attached hydrogens (primary N) is 1. The van der Waals surface area contributed by atoms with Gasteiger partial charge in [-0.3, -0.25) is 9.59 Å². The number of hydrogen-bond acceptors (Lipinski definition) is 5. The van der Waals surface area contributed by atoms with Gasteiger partial charge in [0.2, 0.25) is 11.8 Å². The maximum Gasteiger partial charge on any atom is 0.326 e. The van der Waals surface area contributed by atoms with E-state index >= 15 is 0 Å². The minimum atomic E-state index is -1.12. The van der Waals surface area contributed by atoms with Crippen molar-refractivity contribution in [2.24, 2.45) is 11.7 Å². The van der Waals surface area contributed by atoms with Crippen LogP contribution in [0.25, 0.3) is 0 Å². The highest BCUT2D eigenvalue weighted by Crippen LogP contribution is 2.09. The van der Waals surface area contributed by atoms with Gasteiger partial charge in [-0.05, 0) is 17.0 Å². The van der Waals surface area contributed by atoms with Crippen LogP contribution in [-0.4, -0.2) is 40.7 Å². The van der Waals surface area contributed by atoms with Crippen LogP contribution in [0.2, 0.25) is 0 Å². The summed E-state index contributed by atoms with van der Waals surface area (Å²) in [6.07, 6.45) is 0.0808. The van der Waals surface area contributed by atoms with E-state index in [-0.39, 0.29) is 24.0 Å². The number of carboxylic acid groups (broad SMARTS) is 1. The number of amides is 2. The lowest BCUT2D eigenvalue weighted by Gasteiger charge is -2.22. The van der Waals surface area contributed by atoms with E-state index in [1.807, 2.05) is 18.2 Å². The van der Waals surface area contributed by atoms with Crippen molar-refractivity contribution < 1.29 is 19.5 Å². The van der Waals surface area contributed by atoms with Crippen LogP contribution >= 0.6 is 12.6 Å². The molecule has 0 fully saturated rings. The number of benzene rings is 1. The Labute approximate surface area is 152 Å². The van der Waals surface area contributed by atoms with Gasteiger partial charge in [0, 0.05) is 12.3 Å². The van der Waals surface area contributed by atoms with Gasteiger partial charge in [0.15, 0.2) is 0 Å². The fourth-order valence-electron chi connectivity index (χ4n) is 2.31. The molecular weight excluding hydrogens is 342 g/mol. The number of carboxylic acids is 1. The maximum atomic E-state index is 12.2. The first kappa shape index (κ1) is 21.0. The molecule has 0 aliphatic carbocycles. The zero-order valence-electron chi connectivity index (χ0n) is 14.4. The van der Waals surface area contributed by atoms with Crippen LogP contribution < -0.4 is 16.4 Å². The number of rotatable bonds is 9. The molecule has 7 nitrogen and oxygen atoms in total. The highest BCUT2D eigenvalue weighted by Gasteiger charge is 2.27. The summed E-state index contributed by atoms with van der Waals surface area (Å²) >= 11 is 4.08. The Morgan fingerprint density at radius 1 is 1.16 bits per heavy atom. The lowest BCUT2D eigenvalue weighted by molar-refractivity contribution is -0.143. The van der Waals surface area contributed by atoms with Crippen molar-refractivity contribution >= 4 is 30.4 Å². The molecule has 0 bridgehead atoms. The van der Waals surface area contributed by atoms with Gasteiger partial charge in [-0.25, -0.2) is 4.79 Å². The van der Waals surface area contributed by atoms with Crippen molar-refractivity contribution in [2.75, 3.05) is 5.75 Å². The molecule has 8 heteroatoms. The fraction of sp³-hybridized carbons (Fsp3) is 0.471. The Balaban J connectivity index is 2.72. The third-order valence-electron chi connectivity index (χ3n) is 3.75. The third kappa shape index (κ3) is 6.39. The standard InChI is InChI=1S/C17H25N3O4S/c1-10(2)15(17(23)24)20-16(22)13(9-25)19-14(21)7-11-5-3-4-6-12(11)8-18/h3-6,10,13,15,25H,7-9,18H2,1-2H3,(H,19,21)(H,20,22)(H,23,24)/t13-,15+/m0/s1. The molecule has 0 aliphatic heterocycles. The molecule has 0 spiro atoms. The van der Waals surface area contributed by atoms with Gasteiger partial charge in [0.05, 0.1) is 6.42 Å². The highest BCUT2D eigenvalue weighted by molar-refractivity contribution is 7.80. The molecule has 5 N–H and O–H groups in total. The predicted octanol–water partition coefficient (Wildman–Crippen LogP) is 0.328. The van der Waals surface area contributed by atoms with Gasteiger partial charge in [0.25, 0.3) is 0 Å². The second kappa shape index (κ2) is 10.0. The number of thiol groups is 1. The van der Waals surface area contributed by atoms with Gasteiger partial charge in [-0.15, -0.1) is 0 Å². The molecule has 25 heavy (non-hydrogen) atoms. The van der Waals surface area contributed by atoms with Crippen LogP contribution in [0.4, 0.5) is 0 Å². The second-order valence-corrected chi connectivity index (χ2v) is 6.39. The molecule has 0 saturated carbocycles. The molecule has 2 amide bonds. The van der Waals surface area contributed by atoms with Crippen molar-refractivity contribution in [3.05, 3.63) is 35.4 Å². The molecule has 1 aromatic rings. The van der Waals surface area contributed by atoms with E-state index in [1.54, 1.807) is 19.9 Å². The van der Waals surface area contributed by atoms with Crippen LogP contribution in [0, 0.1) is 5.92 Å². The molecule has 0 unspecified atom stereocenters. The quantitative estimate of drug-likeness (QED) is 0.403. The molecule has 0 aromatic heterocycles. The summed E-state index contributed by atoms with van der Waals surface area (Å²) in [5.41, 5.74) is 7.29. The zero-order valence-corrected chi connectivity index (χ0v) is 15.3. The summed E-state index contributed by atoms with van der Waals surface area (Å²) in [4.78, 5) is 35.7. The lowest BCUT2D eigenvalue weighted by atomic mass is 10.0. The summed E-state index contributed by atoms with van der Waals surface area (Å²) < 4.78 is 0. The third-order valence-corrected chi connectivity index (χ3v) is 4.12. The minimum absolute atomic E-state index is 0.0561. The molecule has 0 heterocycles. The average molecular weight is 367 g/mol. The van der Waals surface area contributed by atoms with Gasteiger partial charge >= 0.3 is 5.97 Å². The number of carbonyl (C=O) groups excluding carboxylic acids is 2. The monoisotopic (exact) mass is 367 g/mol. The lowest BCUT2D eigenvalue weighted by Crippen LogP contribution is -2.54. The van der Waals surface area contributed by atoms with E-state index in [4.69, 9.17) is 10.8 Å². The Morgan fingerprint density at radius 3 is 2.24 bits per heavy atom. The van der Waals surface area contributed by atoms with Crippen molar-refractivity contribution in [1.82, 2.24) is 10.6 Å². The summed E-state index contributed by atoms with van der Waals surface area (Å²) in [6, 6.07) is 5.35. The molecule has 2 atom stereocenters. The first-order chi connectivity index (χ1) is 11.8. The number of aliphatic carboxylic acids is 1. The first-order valence-electron chi connectivity index (χ1n) is 8.00. The largest absolute Gasteiger partial charge is 0.480 e. The highest BCUT2D eigenvalue weighted by atomic mass is 32.1. The summed E-state index contributed by atoms with van der Waals surface area (Å²) in [5.74, 6) is -2.28. The minimum Gasteiger partial charge on any atom is -0.480 e. The van der Waals surface area contributed by atoms with E-state index in [0.29, 0.717) is 6.54 Å². The maximum absolute atomic E-state index is 12.2. The van der Waals surface area contributed by atoms with Gasteiger partial charge in [-0.1, -0.05) is 38.1 Å². The Kier molecular flexibility index (Phi) is 8.44. The van der Waals surface area contributed by atoms with Crippen LogP contribution in [0.1, 0.15) is 25.0 Å². The van der Waals surface area contributed by atoms with Crippen LogP contribution in [-0.2, 0) is 27.3 Å². The van der Waals surface area contributed by atoms with Crippen LogP contribution in [0.15, 0.2) is 24.3 Å². The molecule has 138 valence electrons. The normalized spacial score (nSPS) is 13.2. The van der Waals surface area contributed by atoms with Crippen molar-refractivity contribution in [1.29, 1.82) is 0 Å². The van der Waals surface area contributed by atoms with E-state index in [0.717, 1.165) is 11.1 Å². The summed E-state index contributed by atoms with van der Waals surface area (Å²) in [6.45, 7) is 3.70. The molecule has 1 rings (SSSR count). The van der Waals surface area contributed by atoms with E-state index in [9.17, 15) is 14.4 Å². The van der Waals surface area contributed by atoms with Crippen molar-refractivity contribution in [2.45, 2.75) is 38.9 Å². The van der Waals surface area contributed by atoms with Crippen LogP contribution in [0.5, 0.6) is 0 Å². The summed E-state index contributed by atoms with van der Waals surface area (Å²) in [5, 5.41) is 14.2. The van der Waals surface area contributed by atoms with E-state index in [1.165, 1.54) is 0 Å².